The quantitative estimate of drug-likeness (QED) is 0.426. The Labute approximate surface area is 202 Å². The van der Waals surface area contributed by atoms with Gasteiger partial charge in [-0.1, -0.05) is 60.2 Å². The summed E-state index contributed by atoms with van der Waals surface area (Å²) in [7, 11) is 0. The molecule has 0 bridgehead atoms. The molecule has 7 heteroatoms. The van der Waals surface area contributed by atoms with Crippen molar-refractivity contribution >= 4 is 33.4 Å². The number of nitrogens with one attached hydrogen (secondary N) is 2. The molecule has 0 radical (unpaired) electrons. The minimum Gasteiger partial charge on any atom is -0.349 e. The molecule has 2 N–H and O–H groups in total. The first-order valence-corrected chi connectivity index (χ1v) is 12.6. The molecule has 1 saturated heterocycles. The van der Waals surface area contributed by atoms with Crippen LogP contribution in [0.25, 0.3) is 21.3 Å². The Morgan fingerprint density at radius 2 is 1.91 bits per heavy atom. The number of hydrogen-bond acceptors (Lipinski definition) is 5. The Morgan fingerprint density at radius 1 is 1.15 bits per heavy atom. The van der Waals surface area contributed by atoms with Crippen molar-refractivity contribution in [2.24, 2.45) is 5.92 Å². The van der Waals surface area contributed by atoms with Gasteiger partial charge >= 0.3 is 0 Å². The lowest BCUT2D eigenvalue weighted by atomic mass is 9.95. The molecular weight excluding hydrogens is 444 g/mol. The lowest BCUT2D eigenvalue weighted by Gasteiger charge is -2.32. The molecule has 6 nitrogen and oxygen atoms in total. The average molecular weight is 473 g/mol. The van der Waals surface area contributed by atoms with Crippen molar-refractivity contribution in [1.82, 2.24) is 15.3 Å². The Kier molecular flexibility index (Phi) is 6.20. The molecule has 3 heterocycles. The largest absolute Gasteiger partial charge is 0.349 e. The number of anilines is 1. The summed E-state index contributed by atoms with van der Waals surface area (Å²) in [4.78, 5) is 35.6. The van der Waals surface area contributed by atoms with E-state index in [0.29, 0.717) is 23.7 Å². The van der Waals surface area contributed by atoms with Crippen LogP contribution >= 0.6 is 11.3 Å². The lowest BCUT2D eigenvalue weighted by molar-refractivity contribution is -0.126. The highest BCUT2D eigenvalue weighted by Crippen LogP contribution is 2.32. The van der Waals surface area contributed by atoms with Gasteiger partial charge in [0.25, 0.3) is 5.56 Å². The predicted octanol–water partition coefficient (Wildman–Crippen LogP) is 5.05. The molecule has 34 heavy (non-hydrogen) atoms. The molecule has 5 rings (SSSR count). The van der Waals surface area contributed by atoms with Crippen LogP contribution in [-0.4, -0.2) is 29.0 Å². The average Bonchev–Trinajstić information content (AvgIpc) is 3.29. The number of nitrogens with zero attached hydrogens (tertiary/aromatic N) is 2. The second kappa shape index (κ2) is 9.43. The molecule has 2 aromatic heterocycles. The number of aromatic amines is 1. The van der Waals surface area contributed by atoms with Gasteiger partial charge in [0.05, 0.1) is 11.6 Å². The van der Waals surface area contributed by atoms with Gasteiger partial charge in [-0.2, -0.15) is 0 Å². The zero-order valence-corrected chi connectivity index (χ0v) is 20.2. The Hall–Kier alpha value is -3.45. The summed E-state index contributed by atoms with van der Waals surface area (Å²) in [5.41, 5.74) is 4.96. The highest BCUT2D eigenvalue weighted by molar-refractivity contribution is 7.17. The maximum absolute atomic E-state index is 12.8. The number of benzene rings is 2. The van der Waals surface area contributed by atoms with Gasteiger partial charge in [-0.15, -0.1) is 11.3 Å². The van der Waals surface area contributed by atoms with E-state index >= 15 is 0 Å². The highest BCUT2D eigenvalue weighted by Gasteiger charge is 2.27. The standard InChI is InChI=1S/C27H28N4O2S/c1-17-7-6-10-21(15-17)22-16-34-24-23(22)29-27(30-26(24)33)31-13-11-20(12-14-31)25(32)28-18(2)19-8-4-3-5-9-19/h3-10,15-16,18,20H,11-14H2,1-2H3,(H,28,32)(H,29,30,33)/t18-/m0/s1. The Bertz CT molecular complexity index is 1370. The van der Waals surface area contributed by atoms with Crippen LogP contribution in [0, 0.1) is 12.8 Å². The first-order valence-electron chi connectivity index (χ1n) is 11.7. The van der Waals surface area contributed by atoms with Crippen molar-refractivity contribution < 1.29 is 4.79 Å². The van der Waals surface area contributed by atoms with Crippen LogP contribution in [0.1, 0.15) is 36.9 Å². The third kappa shape index (κ3) is 4.48. The van der Waals surface area contributed by atoms with Crippen molar-refractivity contribution in [2.75, 3.05) is 18.0 Å². The van der Waals surface area contributed by atoms with E-state index in [9.17, 15) is 9.59 Å². The molecule has 0 aliphatic carbocycles. The summed E-state index contributed by atoms with van der Waals surface area (Å²) >= 11 is 1.43. The van der Waals surface area contributed by atoms with Crippen LogP contribution in [0.4, 0.5) is 5.95 Å². The van der Waals surface area contributed by atoms with Gasteiger partial charge in [-0.3, -0.25) is 14.6 Å². The normalized spacial score (nSPS) is 15.4. The van der Waals surface area contributed by atoms with E-state index in [1.165, 1.54) is 16.9 Å². The second-order valence-electron chi connectivity index (χ2n) is 8.99. The maximum Gasteiger partial charge on any atom is 0.270 e. The van der Waals surface area contributed by atoms with Gasteiger partial charge in [0.15, 0.2) is 0 Å². The van der Waals surface area contributed by atoms with Gasteiger partial charge in [0, 0.05) is 30.0 Å². The molecule has 0 spiro atoms. The number of aromatic nitrogens is 2. The van der Waals surface area contributed by atoms with Gasteiger partial charge in [-0.25, -0.2) is 4.98 Å². The molecule has 0 unspecified atom stereocenters. The number of carbonyl (C=O) groups excluding carboxylic acids is 1. The van der Waals surface area contributed by atoms with Gasteiger partial charge < -0.3 is 10.2 Å². The fourth-order valence-electron chi connectivity index (χ4n) is 4.59. The minimum absolute atomic E-state index is 0.0224. The third-order valence-electron chi connectivity index (χ3n) is 6.57. The van der Waals surface area contributed by atoms with E-state index in [2.05, 4.69) is 40.3 Å². The number of fused-ring (bicyclic) bond motifs is 1. The summed E-state index contributed by atoms with van der Waals surface area (Å²) in [6.45, 7) is 5.43. The van der Waals surface area contributed by atoms with Crippen LogP contribution in [0.5, 0.6) is 0 Å². The summed E-state index contributed by atoms with van der Waals surface area (Å²) < 4.78 is 0.643. The van der Waals surface area contributed by atoms with Crippen molar-refractivity contribution in [3.8, 4) is 11.1 Å². The maximum atomic E-state index is 12.8. The molecule has 0 saturated carbocycles. The fourth-order valence-corrected chi connectivity index (χ4v) is 5.50. The van der Waals surface area contributed by atoms with Gasteiger partial charge in [0.1, 0.15) is 4.70 Å². The first-order chi connectivity index (χ1) is 16.5. The van der Waals surface area contributed by atoms with Gasteiger partial charge in [0.2, 0.25) is 11.9 Å². The molecule has 174 valence electrons. The molecule has 1 fully saturated rings. The van der Waals surface area contributed by atoms with E-state index in [-0.39, 0.29) is 23.4 Å². The van der Waals surface area contributed by atoms with Crippen LogP contribution < -0.4 is 15.8 Å². The van der Waals surface area contributed by atoms with E-state index in [1.54, 1.807) is 0 Å². The number of aryl methyl sites for hydroxylation is 1. The number of H-pyrrole nitrogens is 1. The highest BCUT2D eigenvalue weighted by atomic mass is 32.1. The summed E-state index contributed by atoms with van der Waals surface area (Å²) in [6.07, 6.45) is 1.45. The van der Waals surface area contributed by atoms with Crippen LogP contribution in [0.3, 0.4) is 0 Å². The number of amides is 1. The second-order valence-corrected chi connectivity index (χ2v) is 9.87. The van der Waals surface area contributed by atoms with Crippen molar-refractivity contribution in [3.63, 3.8) is 0 Å². The van der Waals surface area contributed by atoms with Gasteiger partial charge in [-0.05, 0) is 37.8 Å². The third-order valence-corrected chi connectivity index (χ3v) is 7.53. The Morgan fingerprint density at radius 3 is 2.65 bits per heavy atom. The molecule has 1 aliphatic rings. The zero-order chi connectivity index (χ0) is 23.7. The van der Waals surface area contributed by atoms with Crippen LogP contribution in [0.2, 0.25) is 0 Å². The molecule has 2 aromatic carbocycles. The fraction of sp³-hybridized carbons (Fsp3) is 0.296. The number of thiophene rings is 1. The molecule has 4 aromatic rings. The summed E-state index contributed by atoms with van der Waals surface area (Å²) in [6, 6.07) is 18.2. The van der Waals surface area contributed by atoms with E-state index < -0.39 is 0 Å². The van der Waals surface area contributed by atoms with E-state index in [4.69, 9.17) is 4.98 Å². The topological polar surface area (TPSA) is 78.1 Å². The molecule has 1 aliphatic heterocycles. The van der Waals surface area contributed by atoms with Crippen LogP contribution in [0.15, 0.2) is 64.8 Å². The van der Waals surface area contributed by atoms with Crippen LogP contribution in [-0.2, 0) is 4.79 Å². The van der Waals surface area contributed by atoms with E-state index in [1.807, 2.05) is 48.7 Å². The zero-order valence-electron chi connectivity index (χ0n) is 19.4. The lowest BCUT2D eigenvalue weighted by Crippen LogP contribution is -2.42. The number of piperidine rings is 1. The summed E-state index contributed by atoms with van der Waals surface area (Å²) in [5.74, 6) is 0.635. The Balaban J connectivity index is 1.30. The SMILES string of the molecule is Cc1cccc(-c2csc3c(=O)[nH]c(N4CCC(C(=O)N[C@@H](C)c5ccccc5)CC4)nc23)c1. The number of carbonyl (C=O) groups is 1. The summed E-state index contributed by atoms with van der Waals surface area (Å²) in [5, 5.41) is 5.16. The predicted molar refractivity (Wildman–Crippen MR) is 138 cm³/mol. The minimum atomic E-state index is -0.111. The monoisotopic (exact) mass is 472 g/mol. The van der Waals surface area contributed by atoms with Crippen molar-refractivity contribution in [1.29, 1.82) is 0 Å². The molecular formula is C27H28N4O2S. The smallest absolute Gasteiger partial charge is 0.270 e. The number of rotatable bonds is 5. The molecule has 1 atom stereocenters. The van der Waals surface area contributed by atoms with Crippen molar-refractivity contribution in [2.45, 2.75) is 32.7 Å². The number of hydrogen-bond donors (Lipinski definition) is 2. The van der Waals surface area contributed by atoms with Crippen molar-refractivity contribution in [3.05, 3.63) is 81.5 Å². The van der Waals surface area contributed by atoms with E-state index in [0.717, 1.165) is 35.0 Å². The molecule has 1 amide bonds. The first kappa shape index (κ1) is 22.3.